The van der Waals surface area contributed by atoms with Crippen LogP contribution in [0.4, 0.5) is 0 Å². The van der Waals surface area contributed by atoms with Crippen LogP contribution in [0.25, 0.3) is 0 Å². The Balaban J connectivity index is 1.65. The molecular weight excluding hydrogens is 356 g/mol. The predicted octanol–water partition coefficient (Wildman–Crippen LogP) is 2.85. The molecular formula is C19H19ClN2O4. The first kappa shape index (κ1) is 18.1. The summed E-state index contributed by atoms with van der Waals surface area (Å²) in [7, 11) is 0. The molecule has 1 aliphatic rings. The maximum Gasteiger partial charge on any atom is 0.269 e. The van der Waals surface area contributed by atoms with E-state index in [1.165, 1.54) is 0 Å². The molecule has 0 unspecified atom stereocenters. The van der Waals surface area contributed by atoms with Crippen molar-refractivity contribution in [1.29, 1.82) is 0 Å². The second-order valence-corrected chi connectivity index (χ2v) is 6.84. The molecule has 1 heterocycles. The largest absolute Gasteiger partial charge is 0.486 e. The van der Waals surface area contributed by atoms with Gasteiger partial charge in [0, 0.05) is 10.6 Å². The zero-order chi connectivity index (χ0) is 18.7. The Labute approximate surface area is 156 Å². The molecule has 0 bridgehead atoms. The molecule has 2 amide bonds. The highest BCUT2D eigenvalue weighted by molar-refractivity contribution is 6.30. The highest BCUT2D eigenvalue weighted by Crippen LogP contribution is 2.30. The van der Waals surface area contributed by atoms with Gasteiger partial charge in [0.2, 0.25) is 5.91 Å². The van der Waals surface area contributed by atoms with Gasteiger partial charge in [-0.1, -0.05) is 23.7 Å². The van der Waals surface area contributed by atoms with E-state index in [1.54, 1.807) is 56.3 Å². The zero-order valence-electron chi connectivity index (χ0n) is 14.5. The lowest BCUT2D eigenvalue weighted by Crippen LogP contribution is -2.49. The Kier molecular flexibility index (Phi) is 5.04. The standard InChI is InChI=1S/C19H19ClN2O4/c1-19(2,13-4-6-14(20)7-5-13)18(24)22-21-17(23)12-3-8-15-16(11-12)26-10-9-25-15/h3-8,11H,9-10H2,1-2H3,(H,21,23)(H,22,24). The van der Waals surface area contributed by atoms with Gasteiger partial charge in [0.15, 0.2) is 11.5 Å². The lowest BCUT2D eigenvalue weighted by Gasteiger charge is -2.24. The van der Waals surface area contributed by atoms with E-state index < -0.39 is 11.3 Å². The maximum absolute atomic E-state index is 12.5. The van der Waals surface area contributed by atoms with Crippen LogP contribution in [-0.4, -0.2) is 25.0 Å². The highest BCUT2D eigenvalue weighted by Gasteiger charge is 2.30. The second kappa shape index (κ2) is 7.25. The summed E-state index contributed by atoms with van der Waals surface area (Å²) < 4.78 is 10.9. The molecule has 26 heavy (non-hydrogen) atoms. The Morgan fingerprint density at radius 3 is 2.31 bits per heavy atom. The number of hydrogen-bond donors (Lipinski definition) is 2. The maximum atomic E-state index is 12.5. The summed E-state index contributed by atoms with van der Waals surface area (Å²) in [5.41, 5.74) is 5.21. The lowest BCUT2D eigenvalue weighted by molar-refractivity contribution is -0.126. The van der Waals surface area contributed by atoms with Gasteiger partial charge in [0.25, 0.3) is 5.91 Å². The smallest absolute Gasteiger partial charge is 0.269 e. The normalized spacial score (nSPS) is 13.0. The number of ether oxygens (including phenoxy) is 2. The van der Waals surface area contributed by atoms with E-state index >= 15 is 0 Å². The molecule has 1 aliphatic heterocycles. The van der Waals surface area contributed by atoms with E-state index in [2.05, 4.69) is 10.9 Å². The van der Waals surface area contributed by atoms with E-state index in [1.807, 2.05) is 0 Å². The minimum atomic E-state index is -0.843. The van der Waals surface area contributed by atoms with Crippen molar-refractivity contribution in [3.63, 3.8) is 0 Å². The van der Waals surface area contributed by atoms with Crippen LogP contribution >= 0.6 is 11.6 Å². The number of carbonyl (C=O) groups is 2. The molecule has 0 atom stereocenters. The molecule has 0 radical (unpaired) electrons. The Morgan fingerprint density at radius 1 is 0.962 bits per heavy atom. The van der Waals surface area contributed by atoms with E-state index in [0.717, 1.165) is 5.56 Å². The number of hydrazine groups is 1. The molecule has 0 saturated carbocycles. The van der Waals surface area contributed by atoms with E-state index in [4.69, 9.17) is 21.1 Å². The molecule has 6 nitrogen and oxygen atoms in total. The summed E-state index contributed by atoms with van der Waals surface area (Å²) in [4.78, 5) is 24.8. The molecule has 0 saturated heterocycles. The third-order valence-electron chi connectivity index (χ3n) is 4.23. The molecule has 136 valence electrons. The number of nitrogens with one attached hydrogen (secondary N) is 2. The van der Waals surface area contributed by atoms with Crippen molar-refractivity contribution >= 4 is 23.4 Å². The molecule has 0 aromatic heterocycles. The fourth-order valence-corrected chi connectivity index (χ4v) is 2.65. The fourth-order valence-electron chi connectivity index (χ4n) is 2.52. The lowest BCUT2D eigenvalue weighted by atomic mass is 9.84. The highest BCUT2D eigenvalue weighted by atomic mass is 35.5. The van der Waals surface area contributed by atoms with Crippen molar-refractivity contribution in [3.8, 4) is 11.5 Å². The van der Waals surface area contributed by atoms with Crippen molar-refractivity contribution in [3.05, 3.63) is 58.6 Å². The van der Waals surface area contributed by atoms with Gasteiger partial charge in [-0.25, -0.2) is 0 Å². The summed E-state index contributed by atoms with van der Waals surface area (Å²) in [6, 6.07) is 11.9. The minimum Gasteiger partial charge on any atom is -0.486 e. The molecule has 0 aliphatic carbocycles. The number of halogens is 1. The number of amides is 2. The third kappa shape index (κ3) is 3.75. The topological polar surface area (TPSA) is 76.7 Å². The number of rotatable bonds is 3. The molecule has 2 N–H and O–H groups in total. The van der Waals surface area contributed by atoms with Gasteiger partial charge in [-0.2, -0.15) is 0 Å². The predicted molar refractivity (Wildman–Crippen MR) is 97.5 cm³/mol. The average molecular weight is 375 g/mol. The van der Waals surface area contributed by atoms with Crippen LogP contribution in [0.5, 0.6) is 11.5 Å². The summed E-state index contributed by atoms with van der Waals surface area (Å²) >= 11 is 5.89. The van der Waals surface area contributed by atoms with Gasteiger partial charge in [-0.3, -0.25) is 20.4 Å². The van der Waals surface area contributed by atoms with Gasteiger partial charge in [-0.15, -0.1) is 0 Å². The number of fused-ring (bicyclic) bond motifs is 1. The van der Waals surface area contributed by atoms with Gasteiger partial charge < -0.3 is 9.47 Å². The first-order valence-electron chi connectivity index (χ1n) is 8.14. The molecule has 2 aromatic carbocycles. The first-order valence-corrected chi connectivity index (χ1v) is 8.52. The van der Waals surface area contributed by atoms with Crippen LogP contribution in [0.3, 0.4) is 0 Å². The van der Waals surface area contributed by atoms with E-state index in [-0.39, 0.29) is 5.91 Å². The number of carbonyl (C=O) groups excluding carboxylic acids is 2. The van der Waals surface area contributed by atoms with Crippen LogP contribution in [0.2, 0.25) is 5.02 Å². The molecule has 2 aromatic rings. The zero-order valence-corrected chi connectivity index (χ0v) is 15.2. The SMILES string of the molecule is CC(C)(C(=O)NNC(=O)c1ccc2c(c1)OCCO2)c1ccc(Cl)cc1. The van der Waals surface area contributed by atoms with E-state index in [9.17, 15) is 9.59 Å². The Hall–Kier alpha value is -2.73. The van der Waals surface area contributed by atoms with Gasteiger partial charge >= 0.3 is 0 Å². The molecule has 3 rings (SSSR count). The van der Waals surface area contributed by atoms with Gasteiger partial charge in [-0.05, 0) is 49.7 Å². The quantitative estimate of drug-likeness (QED) is 0.810. The Bertz CT molecular complexity index is 834. The van der Waals surface area contributed by atoms with Crippen molar-refractivity contribution in [2.24, 2.45) is 0 Å². The van der Waals surface area contributed by atoms with Crippen LogP contribution < -0.4 is 20.3 Å². The number of hydrogen-bond acceptors (Lipinski definition) is 4. The van der Waals surface area contributed by atoms with Crippen molar-refractivity contribution < 1.29 is 19.1 Å². The van der Waals surface area contributed by atoms with Crippen LogP contribution in [0, 0.1) is 0 Å². The molecule has 0 fully saturated rings. The number of benzene rings is 2. The average Bonchev–Trinajstić information content (AvgIpc) is 2.65. The van der Waals surface area contributed by atoms with Crippen LogP contribution in [0.15, 0.2) is 42.5 Å². The van der Waals surface area contributed by atoms with E-state index in [0.29, 0.717) is 35.3 Å². The Morgan fingerprint density at radius 2 is 1.62 bits per heavy atom. The first-order chi connectivity index (χ1) is 12.4. The van der Waals surface area contributed by atoms with Crippen molar-refractivity contribution in [1.82, 2.24) is 10.9 Å². The third-order valence-corrected chi connectivity index (χ3v) is 4.48. The molecule has 0 spiro atoms. The van der Waals surface area contributed by atoms with Crippen LogP contribution in [0.1, 0.15) is 29.8 Å². The van der Waals surface area contributed by atoms with Gasteiger partial charge in [0.1, 0.15) is 13.2 Å². The van der Waals surface area contributed by atoms with Crippen LogP contribution in [-0.2, 0) is 10.2 Å². The minimum absolute atomic E-state index is 0.342. The molecule has 7 heteroatoms. The summed E-state index contributed by atoms with van der Waals surface area (Å²) in [6.07, 6.45) is 0. The summed E-state index contributed by atoms with van der Waals surface area (Å²) in [5.74, 6) is 0.324. The van der Waals surface area contributed by atoms with Crippen molar-refractivity contribution in [2.45, 2.75) is 19.3 Å². The summed E-state index contributed by atoms with van der Waals surface area (Å²) in [5, 5.41) is 0.594. The van der Waals surface area contributed by atoms with Gasteiger partial charge in [0.05, 0.1) is 5.41 Å². The monoisotopic (exact) mass is 374 g/mol. The second-order valence-electron chi connectivity index (χ2n) is 6.40. The van der Waals surface area contributed by atoms with Crippen molar-refractivity contribution in [2.75, 3.05) is 13.2 Å². The fraction of sp³-hybridized carbons (Fsp3) is 0.263. The summed E-state index contributed by atoms with van der Waals surface area (Å²) in [6.45, 7) is 4.45.